The van der Waals surface area contributed by atoms with Crippen LogP contribution in [0.4, 0.5) is 0 Å². The molecular formula is C21H13ClN2O. The van der Waals surface area contributed by atoms with Gasteiger partial charge in [0.2, 0.25) is 0 Å². The highest BCUT2D eigenvalue weighted by Crippen LogP contribution is 2.37. The summed E-state index contributed by atoms with van der Waals surface area (Å²) in [4.78, 5) is 0. The SMILES string of the molecule is N#Cc1c(-c2ccccc2)n(-c2ccc(O)c(Cl)c2)c2ccccc12. The predicted molar refractivity (Wildman–Crippen MR) is 100 cm³/mol. The molecule has 0 fully saturated rings. The number of fused-ring (bicyclic) bond motifs is 1. The Kier molecular flexibility index (Phi) is 3.68. The molecule has 0 saturated heterocycles. The van der Waals surface area contributed by atoms with Gasteiger partial charge in [-0.15, -0.1) is 0 Å². The van der Waals surface area contributed by atoms with Gasteiger partial charge in [-0.2, -0.15) is 5.26 Å². The standard InChI is InChI=1S/C21H13ClN2O/c22-18-12-15(10-11-20(18)25)24-19-9-5-4-8-16(19)17(13-23)21(24)14-6-2-1-3-7-14/h1-12,25H. The minimum Gasteiger partial charge on any atom is -0.506 e. The van der Waals surface area contributed by atoms with Gasteiger partial charge in [0.15, 0.2) is 0 Å². The van der Waals surface area contributed by atoms with Crippen molar-refractivity contribution in [3.8, 4) is 28.8 Å². The van der Waals surface area contributed by atoms with Crippen molar-refractivity contribution in [1.82, 2.24) is 4.57 Å². The molecule has 0 amide bonds. The van der Waals surface area contributed by atoms with E-state index in [0.717, 1.165) is 27.8 Å². The average molecular weight is 345 g/mol. The molecule has 3 aromatic carbocycles. The Morgan fingerprint density at radius 2 is 1.64 bits per heavy atom. The number of para-hydroxylation sites is 1. The Bertz CT molecular complexity index is 1120. The van der Waals surface area contributed by atoms with Crippen LogP contribution in [-0.2, 0) is 0 Å². The number of rotatable bonds is 2. The summed E-state index contributed by atoms with van der Waals surface area (Å²) in [6.45, 7) is 0. The molecule has 4 rings (SSSR count). The zero-order chi connectivity index (χ0) is 17.4. The van der Waals surface area contributed by atoms with Crippen LogP contribution in [0.5, 0.6) is 5.75 Å². The van der Waals surface area contributed by atoms with Gasteiger partial charge in [0.05, 0.1) is 21.8 Å². The third kappa shape index (κ3) is 2.44. The zero-order valence-electron chi connectivity index (χ0n) is 13.1. The van der Waals surface area contributed by atoms with Gasteiger partial charge >= 0.3 is 0 Å². The van der Waals surface area contributed by atoms with Crippen molar-refractivity contribution in [1.29, 1.82) is 5.26 Å². The fourth-order valence-electron chi connectivity index (χ4n) is 3.13. The van der Waals surface area contributed by atoms with E-state index in [2.05, 4.69) is 6.07 Å². The minimum atomic E-state index is 0.0312. The third-order valence-corrected chi connectivity index (χ3v) is 4.53. The molecule has 1 N–H and O–H groups in total. The first-order chi connectivity index (χ1) is 12.2. The molecule has 3 nitrogen and oxygen atoms in total. The fraction of sp³-hybridized carbons (Fsp3) is 0. The number of hydrogen-bond donors (Lipinski definition) is 1. The smallest absolute Gasteiger partial charge is 0.134 e. The van der Waals surface area contributed by atoms with Crippen LogP contribution in [0.25, 0.3) is 27.8 Å². The number of phenols is 1. The molecule has 120 valence electrons. The lowest BCUT2D eigenvalue weighted by Gasteiger charge is -2.12. The van der Waals surface area contributed by atoms with Crippen molar-refractivity contribution in [2.24, 2.45) is 0 Å². The van der Waals surface area contributed by atoms with Gasteiger partial charge in [0, 0.05) is 11.1 Å². The highest BCUT2D eigenvalue weighted by Gasteiger charge is 2.19. The van der Waals surface area contributed by atoms with Crippen LogP contribution in [0.15, 0.2) is 72.8 Å². The Morgan fingerprint density at radius 3 is 2.36 bits per heavy atom. The second-order valence-corrected chi connectivity index (χ2v) is 6.10. The molecule has 1 heterocycles. The molecule has 0 unspecified atom stereocenters. The van der Waals surface area contributed by atoms with Gasteiger partial charge in [0.25, 0.3) is 0 Å². The Balaban J connectivity index is 2.16. The van der Waals surface area contributed by atoms with E-state index in [9.17, 15) is 10.4 Å². The minimum absolute atomic E-state index is 0.0312. The summed E-state index contributed by atoms with van der Waals surface area (Å²) in [7, 11) is 0. The molecule has 0 aliphatic rings. The highest BCUT2D eigenvalue weighted by molar-refractivity contribution is 6.32. The van der Waals surface area contributed by atoms with Gasteiger partial charge in [-0.3, -0.25) is 0 Å². The average Bonchev–Trinajstić information content (AvgIpc) is 2.99. The molecule has 0 aliphatic heterocycles. The Hall–Kier alpha value is -3.22. The number of phenolic OH excluding ortho intramolecular Hbond substituents is 1. The van der Waals surface area contributed by atoms with E-state index in [1.165, 1.54) is 0 Å². The summed E-state index contributed by atoms with van der Waals surface area (Å²) in [5.74, 6) is 0.0312. The monoisotopic (exact) mass is 344 g/mol. The molecular weight excluding hydrogens is 332 g/mol. The van der Waals surface area contributed by atoms with Gasteiger partial charge < -0.3 is 9.67 Å². The van der Waals surface area contributed by atoms with Crippen LogP contribution in [-0.4, -0.2) is 9.67 Å². The second kappa shape index (κ2) is 6.01. The zero-order valence-corrected chi connectivity index (χ0v) is 13.9. The van der Waals surface area contributed by atoms with E-state index in [1.54, 1.807) is 18.2 Å². The van der Waals surface area contributed by atoms with Crippen LogP contribution in [0.1, 0.15) is 5.56 Å². The van der Waals surface area contributed by atoms with Crippen LogP contribution < -0.4 is 0 Å². The topological polar surface area (TPSA) is 49.0 Å². The number of aromatic hydroxyl groups is 1. The molecule has 0 radical (unpaired) electrons. The van der Waals surface area contributed by atoms with Crippen LogP contribution >= 0.6 is 11.6 Å². The van der Waals surface area contributed by atoms with Crippen molar-refractivity contribution in [3.05, 3.63) is 83.4 Å². The van der Waals surface area contributed by atoms with E-state index in [1.807, 2.05) is 59.2 Å². The van der Waals surface area contributed by atoms with Crippen molar-refractivity contribution in [2.45, 2.75) is 0 Å². The number of aromatic nitrogens is 1. The van der Waals surface area contributed by atoms with E-state index in [-0.39, 0.29) is 10.8 Å². The number of nitriles is 1. The summed E-state index contributed by atoms with van der Waals surface area (Å²) in [6.07, 6.45) is 0. The van der Waals surface area contributed by atoms with E-state index >= 15 is 0 Å². The first kappa shape index (κ1) is 15.3. The fourth-order valence-corrected chi connectivity index (χ4v) is 3.30. The summed E-state index contributed by atoms with van der Waals surface area (Å²) < 4.78 is 2.01. The van der Waals surface area contributed by atoms with Crippen LogP contribution in [0.2, 0.25) is 5.02 Å². The van der Waals surface area contributed by atoms with E-state index in [0.29, 0.717) is 5.56 Å². The number of hydrogen-bond acceptors (Lipinski definition) is 2. The number of halogens is 1. The van der Waals surface area contributed by atoms with Crippen molar-refractivity contribution >= 4 is 22.5 Å². The van der Waals surface area contributed by atoms with Crippen molar-refractivity contribution < 1.29 is 5.11 Å². The van der Waals surface area contributed by atoms with Crippen molar-refractivity contribution in [3.63, 3.8) is 0 Å². The molecule has 4 aromatic rings. The van der Waals surface area contributed by atoms with Crippen LogP contribution in [0.3, 0.4) is 0 Å². The van der Waals surface area contributed by atoms with Gasteiger partial charge in [-0.05, 0) is 29.8 Å². The normalized spacial score (nSPS) is 10.7. The lowest BCUT2D eigenvalue weighted by molar-refractivity contribution is 0.475. The maximum atomic E-state index is 9.81. The summed E-state index contributed by atoms with van der Waals surface area (Å²) in [5, 5.41) is 20.7. The lowest BCUT2D eigenvalue weighted by Crippen LogP contribution is -1.97. The molecule has 0 atom stereocenters. The first-order valence-corrected chi connectivity index (χ1v) is 8.16. The number of benzene rings is 3. The summed E-state index contributed by atoms with van der Waals surface area (Å²) in [5.41, 5.74) is 4.08. The highest BCUT2D eigenvalue weighted by atomic mass is 35.5. The first-order valence-electron chi connectivity index (χ1n) is 7.78. The Morgan fingerprint density at radius 1 is 0.920 bits per heavy atom. The second-order valence-electron chi connectivity index (χ2n) is 5.69. The maximum absolute atomic E-state index is 9.81. The Labute approximate surface area is 150 Å². The maximum Gasteiger partial charge on any atom is 0.134 e. The predicted octanol–water partition coefficient (Wildman–Crippen LogP) is 5.53. The summed E-state index contributed by atoms with van der Waals surface area (Å²) >= 11 is 6.13. The van der Waals surface area contributed by atoms with Crippen LogP contribution in [0, 0.1) is 11.3 Å². The molecule has 0 saturated carbocycles. The molecule has 0 bridgehead atoms. The molecule has 0 spiro atoms. The largest absolute Gasteiger partial charge is 0.506 e. The van der Waals surface area contributed by atoms with Gasteiger partial charge in [0.1, 0.15) is 11.8 Å². The molecule has 0 aliphatic carbocycles. The summed E-state index contributed by atoms with van der Waals surface area (Å²) in [6, 6.07) is 25.0. The van der Waals surface area contributed by atoms with Gasteiger partial charge in [-0.25, -0.2) is 0 Å². The number of nitrogens with zero attached hydrogens (tertiary/aromatic N) is 2. The van der Waals surface area contributed by atoms with E-state index < -0.39 is 0 Å². The third-order valence-electron chi connectivity index (χ3n) is 4.22. The lowest BCUT2D eigenvalue weighted by atomic mass is 10.1. The van der Waals surface area contributed by atoms with E-state index in [4.69, 9.17) is 11.6 Å². The molecule has 25 heavy (non-hydrogen) atoms. The molecule has 4 heteroatoms. The quantitative estimate of drug-likeness (QED) is 0.520. The molecule has 1 aromatic heterocycles. The van der Waals surface area contributed by atoms with Crippen molar-refractivity contribution in [2.75, 3.05) is 0 Å². The van der Waals surface area contributed by atoms with Gasteiger partial charge in [-0.1, -0.05) is 60.1 Å².